The number of hydrogen-bond donors (Lipinski definition) is 0. The molecule has 0 radical (unpaired) electrons. The summed E-state index contributed by atoms with van der Waals surface area (Å²) in [6.07, 6.45) is 0. The van der Waals surface area contributed by atoms with E-state index in [0.717, 1.165) is 0 Å². The Morgan fingerprint density at radius 2 is 0.650 bits per heavy atom. The van der Waals surface area contributed by atoms with Crippen LogP contribution in [0.3, 0.4) is 0 Å². The monoisotopic (exact) mass is 267 g/mol. The van der Waals surface area contributed by atoms with E-state index in [1.54, 1.807) is 0 Å². The molecule has 0 unspecified atom stereocenters. The Morgan fingerprint density at radius 3 is 0.900 bits per heavy atom. The second-order valence-electron chi connectivity index (χ2n) is 4.67. The van der Waals surface area contributed by atoms with E-state index in [0.29, 0.717) is 5.92 Å². The predicted octanol–water partition coefficient (Wildman–Crippen LogP) is 1.87. The topological polar surface area (TPSA) is 0 Å². The Hall–Kier alpha value is -1.34. The Labute approximate surface area is 142 Å². The Balaban J connectivity index is 0.00000147. The van der Waals surface area contributed by atoms with E-state index in [4.69, 9.17) is 0 Å². The van der Waals surface area contributed by atoms with Gasteiger partial charge in [-0.3, -0.25) is 0 Å². The second-order valence-corrected chi connectivity index (χ2v) is 4.67. The zero-order valence-electron chi connectivity index (χ0n) is 11.7. The Bertz CT molecular complexity index is 524. The van der Waals surface area contributed by atoms with E-state index in [9.17, 15) is 0 Å². The van der Waals surface area contributed by atoms with Crippen molar-refractivity contribution < 1.29 is 29.6 Å². The third kappa shape index (κ3) is 3.40. The van der Waals surface area contributed by atoms with E-state index in [2.05, 4.69) is 91.0 Å². The molecule has 20 heavy (non-hydrogen) atoms. The molecule has 0 N–H and O–H groups in total. The molecule has 0 nitrogen and oxygen atoms in total. The molecule has 0 aliphatic heterocycles. The van der Waals surface area contributed by atoms with Gasteiger partial charge in [-0.25, -0.2) is 0 Å². The molecule has 0 fully saturated rings. The van der Waals surface area contributed by atoms with Gasteiger partial charge in [0.15, 0.2) is 0 Å². The van der Waals surface area contributed by atoms with Crippen LogP contribution in [0.2, 0.25) is 0 Å². The molecular weight excluding hydrogens is 251 g/mol. The summed E-state index contributed by atoms with van der Waals surface area (Å²) in [5, 5.41) is 0. The first-order chi connectivity index (χ1) is 9.45. The van der Waals surface area contributed by atoms with Crippen LogP contribution >= 0.6 is 0 Å². The van der Waals surface area contributed by atoms with Gasteiger partial charge in [0.2, 0.25) is 0 Å². The molecule has 0 saturated carbocycles. The fraction of sp³-hybridized carbons (Fsp3) is 0.0526. The Morgan fingerprint density at radius 1 is 0.400 bits per heavy atom. The van der Waals surface area contributed by atoms with E-state index in [-0.39, 0.29) is 29.6 Å². The van der Waals surface area contributed by atoms with Gasteiger partial charge in [-0.15, -0.1) is 0 Å². The molecular formula is C19H16Na+. The molecule has 3 rings (SSSR count). The normalized spacial score (nSPS) is 10.1. The van der Waals surface area contributed by atoms with Crippen molar-refractivity contribution in [3.8, 4) is 0 Å². The van der Waals surface area contributed by atoms with Crippen molar-refractivity contribution in [1.29, 1.82) is 0 Å². The third-order valence-corrected chi connectivity index (χ3v) is 3.40. The molecule has 3 aromatic rings. The molecule has 92 valence electrons. The van der Waals surface area contributed by atoms with Crippen molar-refractivity contribution in [2.45, 2.75) is 5.92 Å². The number of rotatable bonds is 3. The molecule has 0 amide bonds. The standard InChI is InChI=1S/C19H16.Na/c1-4-10-16(11-5-1)19(17-12-6-2-7-13-17)18-14-8-3-9-15-18;/h1-15,19H;/q;+1. The molecule has 0 aliphatic carbocycles. The van der Waals surface area contributed by atoms with Crippen LogP contribution in [0.25, 0.3) is 0 Å². The van der Waals surface area contributed by atoms with E-state index in [1.807, 2.05) is 0 Å². The zero-order valence-corrected chi connectivity index (χ0v) is 13.7. The summed E-state index contributed by atoms with van der Waals surface area (Å²) in [6.45, 7) is 0. The van der Waals surface area contributed by atoms with Gasteiger partial charge in [0, 0.05) is 5.92 Å². The van der Waals surface area contributed by atoms with Gasteiger partial charge in [-0.05, 0) is 16.7 Å². The van der Waals surface area contributed by atoms with Crippen LogP contribution in [0.1, 0.15) is 22.6 Å². The first kappa shape index (κ1) is 15.1. The largest absolute Gasteiger partial charge is 1.00 e. The SMILES string of the molecule is [Na+].c1ccc(C(c2ccccc2)c2ccccc2)cc1. The summed E-state index contributed by atoms with van der Waals surface area (Å²) in [5.74, 6) is 0.309. The summed E-state index contributed by atoms with van der Waals surface area (Å²) in [7, 11) is 0. The third-order valence-electron chi connectivity index (χ3n) is 3.40. The zero-order chi connectivity index (χ0) is 12.9. The van der Waals surface area contributed by atoms with Gasteiger partial charge < -0.3 is 0 Å². The van der Waals surface area contributed by atoms with E-state index in [1.165, 1.54) is 16.7 Å². The van der Waals surface area contributed by atoms with Crippen molar-refractivity contribution in [2.24, 2.45) is 0 Å². The summed E-state index contributed by atoms with van der Waals surface area (Å²) in [6, 6.07) is 32.0. The van der Waals surface area contributed by atoms with Crippen LogP contribution in [0, 0.1) is 0 Å². The van der Waals surface area contributed by atoms with Crippen LogP contribution < -0.4 is 29.6 Å². The first-order valence-electron chi connectivity index (χ1n) is 6.60. The summed E-state index contributed by atoms with van der Waals surface area (Å²) in [5.41, 5.74) is 4.00. The average molecular weight is 267 g/mol. The quantitative estimate of drug-likeness (QED) is 0.502. The Kier molecular flexibility index (Phi) is 5.60. The van der Waals surface area contributed by atoms with Crippen molar-refractivity contribution in [3.05, 3.63) is 108 Å². The van der Waals surface area contributed by atoms with E-state index < -0.39 is 0 Å². The smallest absolute Gasteiger partial charge is 0.0622 e. The van der Waals surface area contributed by atoms with Gasteiger partial charge in [-0.2, -0.15) is 0 Å². The predicted molar refractivity (Wildman–Crippen MR) is 80.3 cm³/mol. The van der Waals surface area contributed by atoms with Crippen LogP contribution in [0.15, 0.2) is 91.0 Å². The van der Waals surface area contributed by atoms with Gasteiger partial charge >= 0.3 is 29.6 Å². The van der Waals surface area contributed by atoms with Crippen LogP contribution in [-0.2, 0) is 0 Å². The number of benzene rings is 3. The molecule has 0 atom stereocenters. The molecule has 0 bridgehead atoms. The van der Waals surface area contributed by atoms with E-state index >= 15 is 0 Å². The first-order valence-corrected chi connectivity index (χ1v) is 6.60. The van der Waals surface area contributed by atoms with Crippen molar-refractivity contribution >= 4 is 0 Å². The minimum Gasteiger partial charge on any atom is -0.0622 e. The minimum atomic E-state index is 0. The molecule has 3 aromatic carbocycles. The van der Waals surface area contributed by atoms with Gasteiger partial charge in [-0.1, -0.05) is 91.0 Å². The average Bonchev–Trinajstić information content (AvgIpc) is 2.51. The molecule has 0 aliphatic rings. The van der Waals surface area contributed by atoms with Gasteiger partial charge in [0.05, 0.1) is 0 Å². The molecule has 0 spiro atoms. The molecule has 0 heterocycles. The van der Waals surface area contributed by atoms with Crippen molar-refractivity contribution in [1.82, 2.24) is 0 Å². The maximum Gasteiger partial charge on any atom is 1.00 e. The van der Waals surface area contributed by atoms with Crippen molar-refractivity contribution in [3.63, 3.8) is 0 Å². The summed E-state index contributed by atoms with van der Waals surface area (Å²) in [4.78, 5) is 0. The van der Waals surface area contributed by atoms with Gasteiger partial charge in [0.25, 0.3) is 0 Å². The van der Waals surface area contributed by atoms with Crippen LogP contribution in [0.4, 0.5) is 0 Å². The molecule has 1 heteroatoms. The maximum atomic E-state index is 2.20. The number of hydrogen-bond acceptors (Lipinski definition) is 0. The minimum absolute atomic E-state index is 0. The summed E-state index contributed by atoms with van der Waals surface area (Å²) >= 11 is 0. The second kappa shape index (κ2) is 7.44. The summed E-state index contributed by atoms with van der Waals surface area (Å²) < 4.78 is 0. The fourth-order valence-corrected chi connectivity index (χ4v) is 2.51. The molecule has 0 aromatic heterocycles. The van der Waals surface area contributed by atoms with Crippen LogP contribution in [0.5, 0.6) is 0 Å². The fourth-order valence-electron chi connectivity index (χ4n) is 2.51. The van der Waals surface area contributed by atoms with Crippen molar-refractivity contribution in [2.75, 3.05) is 0 Å². The maximum absolute atomic E-state index is 2.20. The van der Waals surface area contributed by atoms with Gasteiger partial charge in [0.1, 0.15) is 0 Å². The van der Waals surface area contributed by atoms with Crippen LogP contribution in [-0.4, -0.2) is 0 Å². The molecule has 0 saturated heterocycles.